The number of hydrogen-bond donors (Lipinski definition) is 2. The standard InChI is InChI=1S/C17H26N4O/c1-3-18-17(20-11-14-22-2)19-10-6-12-21-13-9-15-7-4-5-8-16(15)21/h4-5,7-9,13H,3,6,10-12,14H2,1-2H3,(H2,18,19,20). The van der Waals surface area contributed by atoms with Crippen molar-refractivity contribution in [2.24, 2.45) is 4.99 Å². The lowest BCUT2D eigenvalue weighted by Crippen LogP contribution is -2.39. The maximum atomic E-state index is 5.04. The van der Waals surface area contributed by atoms with Crippen LogP contribution in [0.25, 0.3) is 10.9 Å². The molecule has 0 amide bonds. The molecule has 1 aromatic heterocycles. The molecule has 5 heteroatoms. The first-order valence-electron chi connectivity index (χ1n) is 7.90. The Balaban J connectivity index is 1.82. The maximum Gasteiger partial charge on any atom is 0.191 e. The summed E-state index contributed by atoms with van der Waals surface area (Å²) in [5, 5.41) is 7.79. The quantitative estimate of drug-likeness (QED) is 0.447. The van der Waals surface area contributed by atoms with Crippen LogP contribution < -0.4 is 10.6 Å². The number of nitrogens with one attached hydrogen (secondary N) is 2. The summed E-state index contributed by atoms with van der Waals surface area (Å²) in [5.74, 6) is 0.858. The van der Waals surface area contributed by atoms with Crippen LogP contribution in [0.4, 0.5) is 0 Å². The normalized spacial score (nSPS) is 11.8. The molecule has 0 atom stereocenters. The van der Waals surface area contributed by atoms with Crippen LogP contribution in [0, 0.1) is 0 Å². The molecule has 1 heterocycles. The number of aliphatic imine (C=N–C) groups is 1. The van der Waals surface area contributed by atoms with Crippen molar-refractivity contribution in [3.63, 3.8) is 0 Å². The summed E-state index contributed by atoms with van der Waals surface area (Å²) < 4.78 is 7.33. The number of nitrogens with zero attached hydrogens (tertiary/aromatic N) is 2. The number of methoxy groups -OCH3 is 1. The van der Waals surface area contributed by atoms with Crippen molar-refractivity contribution in [1.29, 1.82) is 0 Å². The number of para-hydroxylation sites is 1. The van der Waals surface area contributed by atoms with Gasteiger partial charge in [0.1, 0.15) is 0 Å². The van der Waals surface area contributed by atoms with Gasteiger partial charge in [-0.05, 0) is 30.9 Å². The number of ether oxygens (including phenoxy) is 1. The summed E-state index contributed by atoms with van der Waals surface area (Å²) in [6, 6.07) is 10.6. The molecule has 5 nitrogen and oxygen atoms in total. The Hall–Kier alpha value is -2.01. The van der Waals surface area contributed by atoms with Gasteiger partial charge in [-0.3, -0.25) is 4.99 Å². The Bertz CT molecular complexity index is 591. The molecule has 22 heavy (non-hydrogen) atoms. The van der Waals surface area contributed by atoms with Crippen LogP contribution in [0.15, 0.2) is 41.5 Å². The van der Waals surface area contributed by atoms with Crippen molar-refractivity contribution in [3.8, 4) is 0 Å². The van der Waals surface area contributed by atoms with E-state index in [0.29, 0.717) is 6.61 Å². The van der Waals surface area contributed by atoms with Gasteiger partial charge in [-0.25, -0.2) is 0 Å². The monoisotopic (exact) mass is 302 g/mol. The van der Waals surface area contributed by atoms with E-state index in [-0.39, 0.29) is 0 Å². The molecule has 0 bridgehead atoms. The Labute approximate surface area is 132 Å². The van der Waals surface area contributed by atoms with Crippen LogP contribution in [0.3, 0.4) is 0 Å². The molecular formula is C17H26N4O. The topological polar surface area (TPSA) is 50.6 Å². The molecule has 0 fully saturated rings. The molecule has 0 spiro atoms. The van der Waals surface area contributed by atoms with Crippen molar-refractivity contribution < 1.29 is 4.74 Å². The molecule has 0 aliphatic carbocycles. The van der Waals surface area contributed by atoms with Crippen LogP contribution in [0.5, 0.6) is 0 Å². The third kappa shape index (κ3) is 4.77. The second-order valence-electron chi connectivity index (χ2n) is 5.10. The molecule has 0 radical (unpaired) electrons. The predicted molar refractivity (Wildman–Crippen MR) is 92.4 cm³/mol. The summed E-state index contributed by atoms with van der Waals surface area (Å²) in [7, 11) is 1.70. The van der Waals surface area contributed by atoms with Crippen molar-refractivity contribution in [1.82, 2.24) is 15.2 Å². The number of aromatic nitrogens is 1. The van der Waals surface area contributed by atoms with E-state index in [0.717, 1.165) is 38.6 Å². The van der Waals surface area contributed by atoms with E-state index in [2.05, 4.69) is 63.6 Å². The Morgan fingerprint density at radius 1 is 1.23 bits per heavy atom. The molecule has 2 N–H and O–H groups in total. The Kier molecular flexibility index (Phi) is 6.77. The highest BCUT2D eigenvalue weighted by Gasteiger charge is 2.00. The van der Waals surface area contributed by atoms with Crippen LogP contribution in [0.2, 0.25) is 0 Å². The minimum absolute atomic E-state index is 0.680. The highest BCUT2D eigenvalue weighted by atomic mass is 16.5. The minimum Gasteiger partial charge on any atom is -0.383 e. The molecular weight excluding hydrogens is 276 g/mol. The Morgan fingerprint density at radius 3 is 2.91 bits per heavy atom. The molecule has 2 aromatic rings. The van der Waals surface area contributed by atoms with E-state index >= 15 is 0 Å². The molecule has 0 aliphatic rings. The summed E-state index contributed by atoms with van der Waals surface area (Å²) in [6.45, 7) is 6.16. The van der Waals surface area contributed by atoms with E-state index in [1.54, 1.807) is 7.11 Å². The second-order valence-corrected chi connectivity index (χ2v) is 5.10. The number of guanidine groups is 1. The van der Waals surface area contributed by atoms with Gasteiger partial charge in [0, 0.05) is 45.0 Å². The lowest BCUT2D eigenvalue weighted by atomic mass is 10.2. The molecule has 0 saturated carbocycles. The molecule has 2 rings (SSSR count). The first kappa shape index (κ1) is 16.4. The zero-order valence-electron chi connectivity index (χ0n) is 13.5. The van der Waals surface area contributed by atoms with Crippen LogP contribution in [0.1, 0.15) is 13.3 Å². The molecule has 0 unspecified atom stereocenters. The SMILES string of the molecule is CCNC(=NCCCn1ccc2ccccc21)NCCOC. The van der Waals surface area contributed by atoms with Gasteiger partial charge in [0.05, 0.1) is 6.61 Å². The average molecular weight is 302 g/mol. The fourth-order valence-corrected chi connectivity index (χ4v) is 2.38. The lowest BCUT2D eigenvalue weighted by Gasteiger charge is -2.11. The van der Waals surface area contributed by atoms with Gasteiger partial charge in [-0.2, -0.15) is 0 Å². The van der Waals surface area contributed by atoms with E-state index in [9.17, 15) is 0 Å². The third-order valence-corrected chi connectivity index (χ3v) is 3.45. The summed E-state index contributed by atoms with van der Waals surface area (Å²) in [4.78, 5) is 4.59. The van der Waals surface area contributed by atoms with E-state index in [4.69, 9.17) is 4.74 Å². The van der Waals surface area contributed by atoms with Crippen molar-refractivity contribution in [2.45, 2.75) is 19.9 Å². The predicted octanol–water partition coefficient (Wildman–Crippen LogP) is 2.23. The molecule has 120 valence electrons. The number of rotatable bonds is 8. The van der Waals surface area contributed by atoms with E-state index in [1.807, 2.05) is 0 Å². The smallest absolute Gasteiger partial charge is 0.191 e. The van der Waals surface area contributed by atoms with Crippen molar-refractivity contribution in [2.75, 3.05) is 33.4 Å². The largest absolute Gasteiger partial charge is 0.383 e. The second kappa shape index (κ2) is 9.10. The van der Waals surface area contributed by atoms with E-state index in [1.165, 1.54) is 10.9 Å². The van der Waals surface area contributed by atoms with Gasteiger partial charge in [-0.15, -0.1) is 0 Å². The average Bonchev–Trinajstić information content (AvgIpc) is 2.95. The lowest BCUT2D eigenvalue weighted by molar-refractivity contribution is 0.203. The first-order chi connectivity index (χ1) is 10.8. The third-order valence-electron chi connectivity index (χ3n) is 3.45. The van der Waals surface area contributed by atoms with Gasteiger partial charge in [0.15, 0.2) is 5.96 Å². The summed E-state index contributed by atoms with van der Waals surface area (Å²) in [5.41, 5.74) is 1.29. The number of aryl methyl sites for hydroxylation is 1. The highest BCUT2D eigenvalue weighted by Crippen LogP contribution is 2.15. The minimum atomic E-state index is 0.680. The molecule has 0 saturated heterocycles. The van der Waals surface area contributed by atoms with Gasteiger partial charge in [0.2, 0.25) is 0 Å². The van der Waals surface area contributed by atoms with Gasteiger partial charge < -0.3 is 19.9 Å². The van der Waals surface area contributed by atoms with E-state index < -0.39 is 0 Å². The van der Waals surface area contributed by atoms with Crippen LogP contribution in [-0.2, 0) is 11.3 Å². The van der Waals surface area contributed by atoms with Gasteiger partial charge in [0.25, 0.3) is 0 Å². The molecule has 1 aromatic carbocycles. The highest BCUT2D eigenvalue weighted by molar-refractivity contribution is 5.80. The number of fused-ring (bicyclic) bond motifs is 1. The number of hydrogen-bond acceptors (Lipinski definition) is 2. The fourth-order valence-electron chi connectivity index (χ4n) is 2.38. The molecule has 0 aliphatic heterocycles. The van der Waals surface area contributed by atoms with Crippen molar-refractivity contribution in [3.05, 3.63) is 36.5 Å². The Morgan fingerprint density at radius 2 is 2.09 bits per heavy atom. The van der Waals surface area contributed by atoms with Crippen molar-refractivity contribution >= 4 is 16.9 Å². The van der Waals surface area contributed by atoms with Gasteiger partial charge in [-0.1, -0.05) is 18.2 Å². The summed E-state index contributed by atoms with van der Waals surface area (Å²) in [6.07, 6.45) is 3.16. The fraction of sp³-hybridized carbons (Fsp3) is 0.471. The van der Waals surface area contributed by atoms with Gasteiger partial charge >= 0.3 is 0 Å². The maximum absolute atomic E-state index is 5.04. The number of benzene rings is 1. The zero-order chi connectivity index (χ0) is 15.6. The first-order valence-corrected chi connectivity index (χ1v) is 7.90. The zero-order valence-corrected chi connectivity index (χ0v) is 13.5. The summed E-state index contributed by atoms with van der Waals surface area (Å²) >= 11 is 0. The van der Waals surface area contributed by atoms with Crippen LogP contribution >= 0.6 is 0 Å². The van der Waals surface area contributed by atoms with Crippen LogP contribution in [-0.4, -0.2) is 43.9 Å².